The number of rotatable bonds is 6. The first-order chi connectivity index (χ1) is 14.5. The number of fused-ring (bicyclic) bond motifs is 1. The number of phenols is 1. The molecule has 0 atom stereocenters. The Hall–Kier alpha value is -3.39. The normalized spacial score (nSPS) is 11.2. The molecular formula is C22H22N4O3S. The summed E-state index contributed by atoms with van der Waals surface area (Å²) in [4.78, 5) is 16.5. The van der Waals surface area contributed by atoms with Crippen LogP contribution in [0.2, 0.25) is 0 Å². The van der Waals surface area contributed by atoms with Gasteiger partial charge in [-0.2, -0.15) is 5.10 Å². The van der Waals surface area contributed by atoms with Crippen molar-refractivity contribution in [1.82, 2.24) is 15.2 Å². The molecule has 0 bridgehead atoms. The van der Waals surface area contributed by atoms with E-state index in [2.05, 4.69) is 34.3 Å². The van der Waals surface area contributed by atoms with Crippen LogP contribution >= 0.6 is 11.3 Å². The second-order valence-electron chi connectivity index (χ2n) is 7.22. The number of anilines is 1. The molecule has 0 spiro atoms. The molecule has 30 heavy (non-hydrogen) atoms. The smallest absolute Gasteiger partial charge is 0.359 e. The molecule has 154 valence electrons. The number of carbonyl (C=O) groups excluding carboxylic acids is 1. The first kappa shape index (κ1) is 19.9. The number of aromatic nitrogens is 3. The van der Waals surface area contributed by atoms with E-state index in [1.807, 2.05) is 41.8 Å². The maximum Gasteiger partial charge on any atom is 0.359 e. The number of aromatic amines is 1. The molecule has 0 fully saturated rings. The highest BCUT2D eigenvalue weighted by Gasteiger charge is 2.16. The molecule has 0 aliphatic rings. The average molecular weight is 423 g/mol. The Balaban J connectivity index is 1.57. The van der Waals surface area contributed by atoms with Crippen molar-refractivity contribution < 1.29 is 14.6 Å². The van der Waals surface area contributed by atoms with Crippen molar-refractivity contribution >= 4 is 33.9 Å². The minimum absolute atomic E-state index is 0.217. The highest BCUT2D eigenvalue weighted by molar-refractivity contribution is 7.13. The predicted octanol–water partition coefficient (Wildman–Crippen LogP) is 4.91. The first-order valence-electron chi connectivity index (χ1n) is 9.55. The van der Waals surface area contributed by atoms with Gasteiger partial charge in [-0.1, -0.05) is 26.0 Å². The summed E-state index contributed by atoms with van der Waals surface area (Å²) in [5.74, 6) is 0.0666. The van der Waals surface area contributed by atoms with Gasteiger partial charge in [0, 0.05) is 28.6 Å². The van der Waals surface area contributed by atoms with Crippen LogP contribution in [0.15, 0.2) is 41.8 Å². The number of thiazole rings is 1. The van der Waals surface area contributed by atoms with Crippen LogP contribution in [0.1, 0.15) is 41.5 Å². The summed E-state index contributed by atoms with van der Waals surface area (Å²) in [6.07, 6.45) is 0. The van der Waals surface area contributed by atoms with Crippen LogP contribution in [-0.4, -0.2) is 33.4 Å². The van der Waals surface area contributed by atoms with E-state index in [1.54, 1.807) is 0 Å². The Morgan fingerprint density at radius 2 is 2.13 bits per heavy atom. The molecule has 8 heteroatoms. The van der Waals surface area contributed by atoms with Crippen LogP contribution in [0.5, 0.6) is 5.75 Å². The number of hydrogen-bond acceptors (Lipinski definition) is 7. The van der Waals surface area contributed by atoms with E-state index in [4.69, 9.17) is 4.74 Å². The van der Waals surface area contributed by atoms with Gasteiger partial charge in [-0.25, -0.2) is 9.78 Å². The van der Waals surface area contributed by atoms with Crippen LogP contribution in [0.3, 0.4) is 0 Å². The highest BCUT2D eigenvalue weighted by Crippen LogP contribution is 2.35. The summed E-state index contributed by atoms with van der Waals surface area (Å²) in [6.45, 7) is 4.61. The lowest BCUT2D eigenvalue weighted by molar-refractivity contribution is 0.0596. The van der Waals surface area contributed by atoms with Gasteiger partial charge in [-0.3, -0.25) is 5.10 Å². The average Bonchev–Trinajstić information content (AvgIpc) is 3.39. The van der Waals surface area contributed by atoms with Gasteiger partial charge in [-0.05, 0) is 30.2 Å². The van der Waals surface area contributed by atoms with E-state index in [0.717, 1.165) is 33.0 Å². The maximum atomic E-state index is 11.9. The van der Waals surface area contributed by atoms with Gasteiger partial charge in [0.15, 0.2) is 5.69 Å². The minimum atomic E-state index is -0.493. The summed E-state index contributed by atoms with van der Waals surface area (Å²) in [7, 11) is 1.33. The second kappa shape index (κ2) is 8.16. The molecule has 0 saturated heterocycles. The molecule has 2 aromatic heterocycles. The SMILES string of the molecule is COC(=O)c1n[nH]c2ccc(NCc3cccc(-c4nc(C(C)C)cs4)c3O)cc12. The monoisotopic (exact) mass is 422 g/mol. The summed E-state index contributed by atoms with van der Waals surface area (Å²) in [5, 5.41) is 24.5. The molecule has 0 unspecified atom stereocenters. The van der Waals surface area contributed by atoms with Crippen LogP contribution in [0.25, 0.3) is 21.5 Å². The number of nitrogens with zero attached hydrogens (tertiary/aromatic N) is 2. The Morgan fingerprint density at radius 3 is 2.87 bits per heavy atom. The lowest BCUT2D eigenvalue weighted by Gasteiger charge is -2.11. The molecule has 0 aliphatic heterocycles. The Kier molecular flexibility index (Phi) is 5.41. The molecule has 2 heterocycles. The number of carbonyl (C=O) groups is 1. The molecule has 7 nitrogen and oxygen atoms in total. The third-order valence-electron chi connectivity index (χ3n) is 4.89. The lowest BCUT2D eigenvalue weighted by Crippen LogP contribution is -2.03. The quantitative estimate of drug-likeness (QED) is 0.382. The molecule has 0 saturated carbocycles. The Bertz CT molecular complexity index is 1210. The van der Waals surface area contributed by atoms with Crippen molar-refractivity contribution in [1.29, 1.82) is 0 Å². The third-order valence-corrected chi connectivity index (χ3v) is 5.78. The van der Waals surface area contributed by atoms with Crippen LogP contribution in [0.4, 0.5) is 5.69 Å². The molecule has 2 aromatic carbocycles. The van der Waals surface area contributed by atoms with Gasteiger partial charge >= 0.3 is 5.97 Å². The number of hydrogen-bond donors (Lipinski definition) is 3. The summed E-state index contributed by atoms with van der Waals surface area (Å²) < 4.78 is 4.78. The fraction of sp³-hybridized carbons (Fsp3) is 0.227. The van der Waals surface area contributed by atoms with Gasteiger partial charge in [0.1, 0.15) is 10.8 Å². The fourth-order valence-corrected chi connectivity index (χ4v) is 4.16. The number of aromatic hydroxyl groups is 1. The number of benzene rings is 2. The second-order valence-corrected chi connectivity index (χ2v) is 8.08. The number of H-pyrrole nitrogens is 1. The van der Waals surface area contributed by atoms with Crippen molar-refractivity contribution in [3.8, 4) is 16.3 Å². The van der Waals surface area contributed by atoms with E-state index < -0.39 is 5.97 Å². The van der Waals surface area contributed by atoms with Gasteiger partial charge in [0.2, 0.25) is 0 Å². The van der Waals surface area contributed by atoms with Crippen molar-refractivity contribution in [3.05, 3.63) is 58.7 Å². The molecule has 0 aliphatic carbocycles. The summed E-state index contributed by atoms with van der Waals surface area (Å²) in [6, 6.07) is 11.2. The van der Waals surface area contributed by atoms with Gasteiger partial charge in [0.05, 0.1) is 23.9 Å². The topological polar surface area (TPSA) is 100 Å². The lowest BCUT2D eigenvalue weighted by atomic mass is 10.1. The molecular weight excluding hydrogens is 400 g/mol. The van der Waals surface area contributed by atoms with E-state index in [9.17, 15) is 9.90 Å². The van der Waals surface area contributed by atoms with E-state index >= 15 is 0 Å². The highest BCUT2D eigenvalue weighted by atomic mass is 32.1. The number of phenolic OH excluding ortho intramolecular Hbond substituents is 1. The number of esters is 1. The zero-order chi connectivity index (χ0) is 21.3. The fourth-order valence-electron chi connectivity index (χ4n) is 3.16. The van der Waals surface area contributed by atoms with Crippen molar-refractivity contribution in [3.63, 3.8) is 0 Å². The summed E-state index contributed by atoms with van der Waals surface area (Å²) in [5.41, 5.74) is 4.29. The zero-order valence-electron chi connectivity index (χ0n) is 16.9. The van der Waals surface area contributed by atoms with E-state index in [0.29, 0.717) is 17.8 Å². The first-order valence-corrected chi connectivity index (χ1v) is 10.4. The number of methoxy groups -OCH3 is 1. The van der Waals surface area contributed by atoms with Gasteiger partial charge in [-0.15, -0.1) is 11.3 Å². The number of nitrogens with one attached hydrogen (secondary N) is 2. The van der Waals surface area contributed by atoms with Gasteiger partial charge < -0.3 is 15.2 Å². The zero-order valence-corrected chi connectivity index (χ0v) is 17.7. The largest absolute Gasteiger partial charge is 0.507 e. The third kappa shape index (κ3) is 3.73. The van der Waals surface area contributed by atoms with Crippen LogP contribution < -0.4 is 5.32 Å². The van der Waals surface area contributed by atoms with Gasteiger partial charge in [0.25, 0.3) is 0 Å². The predicted molar refractivity (Wildman–Crippen MR) is 118 cm³/mol. The summed E-state index contributed by atoms with van der Waals surface area (Å²) >= 11 is 1.53. The van der Waals surface area contributed by atoms with E-state index in [1.165, 1.54) is 18.4 Å². The van der Waals surface area contributed by atoms with Crippen LogP contribution in [0, 0.1) is 0 Å². The number of ether oxygens (including phenoxy) is 1. The van der Waals surface area contributed by atoms with Crippen LogP contribution in [-0.2, 0) is 11.3 Å². The molecule has 3 N–H and O–H groups in total. The molecule has 0 radical (unpaired) electrons. The van der Waals surface area contributed by atoms with Crippen molar-refractivity contribution in [2.45, 2.75) is 26.3 Å². The molecule has 0 amide bonds. The standard InChI is InChI=1S/C22H22N4O3S/c1-12(2)18-11-30-21(24-18)15-6-4-5-13(20(15)27)10-23-14-7-8-17-16(9-14)19(26-25-17)22(28)29-3/h4-9,11-12,23,27H,10H2,1-3H3,(H,25,26). The maximum absolute atomic E-state index is 11.9. The Morgan fingerprint density at radius 1 is 1.30 bits per heavy atom. The van der Waals surface area contributed by atoms with Crippen molar-refractivity contribution in [2.24, 2.45) is 0 Å². The molecule has 4 rings (SSSR count). The minimum Gasteiger partial charge on any atom is -0.507 e. The van der Waals surface area contributed by atoms with E-state index in [-0.39, 0.29) is 11.4 Å². The molecule has 4 aromatic rings. The van der Waals surface area contributed by atoms with Crippen molar-refractivity contribution in [2.75, 3.05) is 12.4 Å². The number of para-hydroxylation sites is 1. The Labute approximate surface area is 177 Å².